The fourth-order valence-electron chi connectivity index (χ4n) is 1.74. The molecule has 0 saturated carbocycles. The highest BCUT2D eigenvalue weighted by Gasteiger charge is 2.32. The number of nitrogens with one attached hydrogen (secondary N) is 1. The summed E-state index contributed by atoms with van der Waals surface area (Å²) in [7, 11) is 1.82. The highest BCUT2D eigenvalue weighted by molar-refractivity contribution is 7.16. The molecule has 1 aromatic rings. The fraction of sp³-hybridized carbons (Fsp3) is 0.500. The normalized spacial score (nSPS) is 21.4. The summed E-state index contributed by atoms with van der Waals surface area (Å²) < 4.78 is 0. The summed E-state index contributed by atoms with van der Waals surface area (Å²) in [6.45, 7) is 2.74. The van der Waals surface area contributed by atoms with Gasteiger partial charge in [-0.3, -0.25) is 4.79 Å². The van der Waals surface area contributed by atoms with E-state index in [1.165, 1.54) is 0 Å². The molecule has 1 aliphatic rings. The predicted molar refractivity (Wildman–Crippen MR) is 63.9 cm³/mol. The van der Waals surface area contributed by atoms with E-state index < -0.39 is 0 Å². The third-order valence-electron chi connectivity index (χ3n) is 2.66. The largest absolute Gasteiger partial charge is 0.309 e. The fourth-order valence-corrected chi connectivity index (χ4v) is 2.97. The number of hydrogen-bond donors (Lipinski definition) is 1. The van der Waals surface area contributed by atoms with Crippen LogP contribution in [0.2, 0.25) is 5.02 Å². The van der Waals surface area contributed by atoms with Crippen molar-refractivity contribution in [3.63, 3.8) is 0 Å². The first-order valence-corrected chi connectivity index (χ1v) is 6.07. The molecule has 0 bridgehead atoms. The Bertz CT molecular complexity index is 371. The topological polar surface area (TPSA) is 32.3 Å². The zero-order valence-electron chi connectivity index (χ0n) is 8.71. The van der Waals surface area contributed by atoms with Gasteiger partial charge in [-0.25, -0.2) is 0 Å². The first kappa shape index (κ1) is 10.9. The number of nitrogens with zero attached hydrogens (tertiary/aromatic N) is 1. The molecule has 1 N–H and O–H groups in total. The minimum Gasteiger partial charge on any atom is -0.309 e. The van der Waals surface area contributed by atoms with Crippen LogP contribution in [0.3, 0.4) is 0 Å². The summed E-state index contributed by atoms with van der Waals surface area (Å²) in [4.78, 5) is 14.8. The van der Waals surface area contributed by atoms with Crippen molar-refractivity contribution in [2.24, 2.45) is 0 Å². The lowest BCUT2D eigenvalue weighted by Crippen LogP contribution is -2.35. The smallest absolute Gasteiger partial charge is 0.244 e. The minimum atomic E-state index is -0.0359. The Morgan fingerprint density at radius 3 is 2.87 bits per heavy atom. The summed E-state index contributed by atoms with van der Waals surface area (Å²) in [5, 5.41) is 4.72. The van der Waals surface area contributed by atoms with Gasteiger partial charge in [0, 0.05) is 11.4 Å². The number of carbonyl (C=O) groups is 1. The first-order valence-electron chi connectivity index (χ1n) is 4.88. The summed E-state index contributed by atoms with van der Waals surface area (Å²) >= 11 is 7.56. The number of aryl methyl sites for hydroxylation is 1. The van der Waals surface area contributed by atoms with Gasteiger partial charge in [0.2, 0.25) is 5.91 Å². The van der Waals surface area contributed by atoms with Gasteiger partial charge in [-0.05, 0) is 26.5 Å². The van der Waals surface area contributed by atoms with Crippen molar-refractivity contribution in [2.75, 3.05) is 18.5 Å². The van der Waals surface area contributed by atoms with E-state index in [4.69, 9.17) is 11.6 Å². The van der Waals surface area contributed by atoms with E-state index in [-0.39, 0.29) is 11.9 Å². The molecule has 1 aliphatic heterocycles. The van der Waals surface area contributed by atoms with Gasteiger partial charge in [0.25, 0.3) is 0 Å². The molecule has 1 aromatic heterocycles. The molecule has 1 saturated heterocycles. The quantitative estimate of drug-likeness (QED) is 0.864. The van der Waals surface area contributed by atoms with Crippen molar-refractivity contribution >= 4 is 33.8 Å². The lowest BCUT2D eigenvalue weighted by molar-refractivity contribution is -0.118. The molecular weight excluding hydrogens is 232 g/mol. The second kappa shape index (κ2) is 4.12. The SMILES string of the molecule is CNC1CCN(c2cc(Cl)c(C)s2)C1=O. The van der Waals surface area contributed by atoms with Gasteiger partial charge in [-0.15, -0.1) is 11.3 Å². The van der Waals surface area contributed by atoms with Gasteiger partial charge in [-0.1, -0.05) is 11.6 Å². The van der Waals surface area contributed by atoms with Gasteiger partial charge in [-0.2, -0.15) is 0 Å². The maximum Gasteiger partial charge on any atom is 0.244 e. The molecule has 2 rings (SSSR count). The number of anilines is 1. The van der Waals surface area contributed by atoms with Gasteiger partial charge in [0.05, 0.1) is 16.1 Å². The summed E-state index contributed by atoms with van der Waals surface area (Å²) in [5.74, 6) is 0.149. The van der Waals surface area contributed by atoms with Crippen LogP contribution in [0.15, 0.2) is 6.07 Å². The van der Waals surface area contributed by atoms with E-state index in [2.05, 4.69) is 5.32 Å². The maximum absolute atomic E-state index is 11.9. The Morgan fingerprint density at radius 2 is 2.40 bits per heavy atom. The number of rotatable bonds is 2. The zero-order chi connectivity index (χ0) is 11.0. The van der Waals surface area contributed by atoms with Crippen molar-refractivity contribution in [1.29, 1.82) is 0 Å². The molecule has 1 fully saturated rings. The second-order valence-corrected chi connectivity index (χ2v) is 5.25. The molecule has 82 valence electrons. The molecular formula is C10H13ClN2OS. The number of thiophene rings is 1. The van der Waals surface area contributed by atoms with Crippen molar-refractivity contribution in [3.05, 3.63) is 16.0 Å². The minimum absolute atomic E-state index is 0.0359. The highest BCUT2D eigenvalue weighted by Crippen LogP contribution is 2.34. The maximum atomic E-state index is 11.9. The van der Waals surface area contributed by atoms with Gasteiger partial charge in [0.1, 0.15) is 0 Å². The Labute approximate surface area is 98.0 Å². The van der Waals surface area contributed by atoms with Crippen LogP contribution in [0.4, 0.5) is 5.00 Å². The molecule has 5 heteroatoms. The van der Waals surface area contributed by atoms with Crippen LogP contribution in [0.25, 0.3) is 0 Å². The first-order chi connectivity index (χ1) is 7.13. The number of amides is 1. The van der Waals surface area contributed by atoms with Crippen molar-refractivity contribution in [2.45, 2.75) is 19.4 Å². The molecule has 0 radical (unpaired) electrons. The van der Waals surface area contributed by atoms with Crippen LogP contribution in [0, 0.1) is 6.92 Å². The molecule has 2 heterocycles. The van der Waals surface area contributed by atoms with Gasteiger partial charge >= 0.3 is 0 Å². The predicted octanol–water partition coefficient (Wildman–Crippen LogP) is 2.03. The van der Waals surface area contributed by atoms with E-state index in [9.17, 15) is 4.79 Å². The van der Waals surface area contributed by atoms with E-state index in [1.807, 2.05) is 24.9 Å². The summed E-state index contributed by atoms with van der Waals surface area (Å²) in [6, 6.07) is 1.84. The summed E-state index contributed by atoms with van der Waals surface area (Å²) in [5.41, 5.74) is 0. The third-order valence-corrected chi connectivity index (χ3v) is 4.24. The standard InChI is InChI=1S/C10H13ClN2OS/c1-6-7(11)5-9(15-6)13-4-3-8(12-2)10(13)14/h5,8,12H,3-4H2,1-2H3. The lowest BCUT2D eigenvalue weighted by Gasteiger charge is -2.13. The average Bonchev–Trinajstić information content (AvgIpc) is 2.71. The van der Waals surface area contributed by atoms with Crippen LogP contribution in [-0.2, 0) is 4.79 Å². The molecule has 15 heavy (non-hydrogen) atoms. The number of hydrogen-bond acceptors (Lipinski definition) is 3. The Balaban J connectivity index is 2.22. The second-order valence-electron chi connectivity index (χ2n) is 3.61. The van der Waals surface area contributed by atoms with E-state index in [0.29, 0.717) is 0 Å². The number of likely N-dealkylation sites (N-methyl/N-ethyl adjacent to an activating group) is 1. The number of carbonyl (C=O) groups excluding carboxylic acids is 1. The van der Waals surface area contributed by atoms with Crippen molar-refractivity contribution in [3.8, 4) is 0 Å². The van der Waals surface area contributed by atoms with E-state index >= 15 is 0 Å². The monoisotopic (exact) mass is 244 g/mol. The van der Waals surface area contributed by atoms with Crippen molar-refractivity contribution < 1.29 is 4.79 Å². The molecule has 0 spiro atoms. The molecule has 1 amide bonds. The zero-order valence-corrected chi connectivity index (χ0v) is 10.3. The van der Waals surface area contributed by atoms with Crippen LogP contribution in [-0.4, -0.2) is 25.5 Å². The molecule has 1 unspecified atom stereocenters. The van der Waals surface area contributed by atoms with E-state index in [0.717, 1.165) is 27.9 Å². The average molecular weight is 245 g/mol. The Hall–Kier alpha value is -0.580. The lowest BCUT2D eigenvalue weighted by atomic mass is 10.3. The highest BCUT2D eigenvalue weighted by atomic mass is 35.5. The van der Waals surface area contributed by atoms with Crippen LogP contribution in [0.5, 0.6) is 0 Å². The van der Waals surface area contributed by atoms with Gasteiger partial charge < -0.3 is 10.2 Å². The van der Waals surface area contributed by atoms with Crippen molar-refractivity contribution in [1.82, 2.24) is 5.32 Å². The summed E-state index contributed by atoms with van der Waals surface area (Å²) in [6.07, 6.45) is 0.865. The van der Waals surface area contributed by atoms with Crippen LogP contribution < -0.4 is 10.2 Å². The Kier molecular flexibility index (Phi) is 3.00. The van der Waals surface area contributed by atoms with Crippen LogP contribution >= 0.6 is 22.9 Å². The van der Waals surface area contributed by atoms with Gasteiger partial charge in [0.15, 0.2) is 0 Å². The molecule has 0 aliphatic carbocycles. The third kappa shape index (κ3) is 1.89. The Morgan fingerprint density at radius 1 is 1.67 bits per heavy atom. The van der Waals surface area contributed by atoms with E-state index in [1.54, 1.807) is 11.3 Å². The molecule has 0 aromatic carbocycles. The molecule has 1 atom stereocenters. The van der Waals surface area contributed by atoms with Crippen LogP contribution in [0.1, 0.15) is 11.3 Å². The molecule has 3 nitrogen and oxygen atoms in total. The number of halogens is 1.